The lowest BCUT2D eigenvalue weighted by Gasteiger charge is -2.28. The molecule has 1 amide bonds. The van der Waals surface area contributed by atoms with Crippen molar-refractivity contribution in [1.29, 1.82) is 0 Å². The number of anilines is 3. The molecule has 4 rings (SSSR count). The fourth-order valence-corrected chi connectivity index (χ4v) is 3.40. The third-order valence-corrected chi connectivity index (χ3v) is 4.76. The summed E-state index contributed by atoms with van der Waals surface area (Å²) in [6.45, 7) is 3.31. The van der Waals surface area contributed by atoms with Crippen molar-refractivity contribution in [1.82, 2.24) is 19.7 Å². The second-order valence-corrected chi connectivity index (χ2v) is 6.93. The van der Waals surface area contributed by atoms with Crippen LogP contribution in [-0.2, 0) is 4.74 Å². The van der Waals surface area contributed by atoms with Gasteiger partial charge in [-0.25, -0.2) is 9.97 Å². The molecule has 0 bridgehead atoms. The third kappa shape index (κ3) is 3.74. The van der Waals surface area contributed by atoms with E-state index in [-0.39, 0.29) is 5.91 Å². The maximum Gasteiger partial charge on any atom is 0.271 e. The highest BCUT2D eigenvalue weighted by Crippen LogP contribution is 2.25. The van der Waals surface area contributed by atoms with Crippen LogP contribution in [0.1, 0.15) is 10.5 Å². The van der Waals surface area contributed by atoms with E-state index >= 15 is 0 Å². The van der Waals surface area contributed by atoms with Gasteiger partial charge in [-0.05, 0) is 40.2 Å². The monoisotopic (exact) mass is 430 g/mol. The minimum Gasteiger partial charge on any atom is -0.378 e. The van der Waals surface area contributed by atoms with E-state index in [1.807, 2.05) is 12.1 Å². The van der Waals surface area contributed by atoms with Gasteiger partial charge in [0.05, 0.1) is 13.2 Å². The lowest BCUT2D eigenvalue weighted by molar-refractivity contribution is 0.0958. The number of morpholine rings is 1. The van der Waals surface area contributed by atoms with E-state index in [1.54, 1.807) is 23.8 Å². The first-order valence-electron chi connectivity index (χ1n) is 8.61. The zero-order chi connectivity index (χ0) is 18.8. The summed E-state index contributed by atoms with van der Waals surface area (Å²) in [6, 6.07) is 8.16. The Kier molecular flexibility index (Phi) is 4.95. The Morgan fingerprint density at radius 3 is 2.59 bits per heavy atom. The zero-order valence-corrected chi connectivity index (χ0v) is 16.4. The number of rotatable bonds is 4. The van der Waals surface area contributed by atoms with Crippen molar-refractivity contribution in [2.45, 2.75) is 0 Å². The van der Waals surface area contributed by atoms with Crippen molar-refractivity contribution in [3.05, 3.63) is 47.0 Å². The summed E-state index contributed by atoms with van der Waals surface area (Å²) in [4.78, 5) is 23.0. The number of benzene rings is 1. The maximum atomic E-state index is 11.9. The number of amides is 1. The molecular weight excluding hydrogens is 412 g/mol. The second kappa shape index (κ2) is 7.53. The summed E-state index contributed by atoms with van der Waals surface area (Å²) in [7, 11) is 1.58. The minimum absolute atomic E-state index is 0.240. The largest absolute Gasteiger partial charge is 0.378 e. The van der Waals surface area contributed by atoms with Crippen LogP contribution in [0.2, 0.25) is 0 Å². The molecule has 1 aliphatic heterocycles. The number of halogens is 1. The molecule has 2 aromatic heterocycles. The molecule has 1 aromatic carbocycles. The Balaban J connectivity index is 1.60. The number of nitrogens with one attached hydrogen (secondary N) is 2. The number of fused-ring (bicyclic) bond motifs is 1. The van der Waals surface area contributed by atoms with Gasteiger partial charge in [-0.3, -0.25) is 4.79 Å². The van der Waals surface area contributed by atoms with Crippen molar-refractivity contribution in [2.24, 2.45) is 0 Å². The number of carbonyl (C=O) groups excluding carboxylic acids is 1. The lowest BCUT2D eigenvalue weighted by Crippen LogP contribution is -2.36. The Hall–Kier alpha value is -2.65. The Morgan fingerprint density at radius 2 is 1.89 bits per heavy atom. The number of hydrogen-bond donors (Lipinski definition) is 2. The number of imidazole rings is 1. The molecule has 0 aliphatic carbocycles. The van der Waals surface area contributed by atoms with Crippen LogP contribution in [0.4, 0.5) is 17.2 Å². The standard InChI is InChI=1S/C18H19BrN6O2/c1-20-18(26)14-10-25-11-15(19)23-16(17(25)22-14)21-12-2-4-13(5-3-12)24-6-8-27-9-7-24/h2-5,10-11H,6-9H2,1H3,(H,20,26)(H,21,23). The Morgan fingerprint density at radius 1 is 1.15 bits per heavy atom. The molecule has 3 aromatic rings. The summed E-state index contributed by atoms with van der Waals surface area (Å²) in [6.07, 6.45) is 3.44. The molecule has 1 aliphatic rings. The van der Waals surface area contributed by atoms with Crippen molar-refractivity contribution in [3.8, 4) is 0 Å². The second-order valence-electron chi connectivity index (χ2n) is 6.12. The molecule has 1 saturated heterocycles. The topological polar surface area (TPSA) is 83.8 Å². The summed E-state index contributed by atoms with van der Waals surface area (Å²) in [5.74, 6) is 0.328. The molecule has 3 heterocycles. The van der Waals surface area contributed by atoms with Gasteiger partial charge in [-0.1, -0.05) is 0 Å². The van der Waals surface area contributed by atoms with Gasteiger partial charge in [0.1, 0.15) is 10.3 Å². The van der Waals surface area contributed by atoms with Crippen LogP contribution >= 0.6 is 15.9 Å². The number of hydrogen-bond acceptors (Lipinski definition) is 6. The molecule has 140 valence electrons. The van der Waals surface area contributed by atoms with Crippen LogP contribution in [0, 0.1) is 0 Å². The van der Waals surface area contributed by atoms with Gasteiger partial charge in [0.2, 0.25) is 0 Å². The number of carbonyl (C=O) groups is 1. The molecule has 8 nitrogen and oxygen atoms in total. The number of ether oxygens (including phenoxy) is 1. The fourth-order valence-electron chi connectivity index (χ4n) is 3.00. The van der Waals surface area contributed by atoms with Crippen LogP contribution in [0.25, 0.3) is 5.65 Å². The summed E-state index contributed by atoms with van der Waals surface area (Å²) in [5.41, 5.74) is 2.97. The predicted octanol–water partition coefficient (Wildman–Crippen LogP) is 2.43. The minimum atomic E-state index is -0.240. The van der Waals surface area contributed by atoms with Gasteiger partial charge in [-0.15, -0.1) is 0 Å². The van der Waals surface area contributed by atoms with E-state index in [4.69, 9.17) is 4.74 Å². The Bertz CT molecular complexity index is 966. The van der Waals surface area contributed by atoms with Gasteiger partial charge in [-0.2, -0.15) is 0 Å². The SMILES string of the molecule is CNC(=O)c1cn2cc(Br)nc(Nc3ccc(N4CCOCC4)cc3)c2n1. The molecule has 0 saturated carbocycles. The molecule has 9 heteroatoms. The first-order valence-corrected chi connectivity index (χ1v) is 9.40. The van der Waals surface area contributed by atoms with Crippen LogP contribution < -0.4 is 15.5 Å². The van der Waals surface area contributed by atoms with E-state index in [2.05, 4.69) is 53.6 Å². The fraction of sp³-hybridized carbons (Fsp3) is 0.278. The van der Waals surface area contributed by atoms with Gasteiger partial charge >= 0.3 is 0 Å². The average molecular weight is 431 g/mol. The van der Waals surface area contributed by atoms with Gasteiger partial charge < -0.3 is 24.7 Å². The number of aromatic nitrogens is 3. The van der Waals surface area contributed by atoms with Crippen LogP contribution in [0.15, 0.2) is 41.3 Å². The van der Waals surface area contributed by atoms with Crippen molar-refractivity contribution >= 4 is 44.7 Å². The van der Waals surface area contributed by atoms with E-state index in [9.17, 15) is 4.79 Å². The van der Waals surface area contributed by atoms with E-state index in [0.717, 1.165) is 32.0 Å². The van der Waals surface area contributed by atoms with Crippen LogP contribution in [0.3, 0.4) is 0 Å². The average Bonchev–Trinajstić information content (AvgIpc) is 3.13. The van der Waals surface area contributed by atoms with Crippen molar-refractivity contribution < 1.29 is 9.53 Å². The first kappa shape index (κ1) is 17.7. The molecule has 1 fully saturated rings. The summed E-state index contributed by atoms with van der Waals surface area (Å²) in [5, 5.41) is 5.87. The normalized spacial score (nSPS) is 14.4. The third-order valence-electron chi connectivity index (χ3n) is 4.37. The Labute approximate surface area is 164 Å². The van der Waals surface area contributed by atoms with Gasteiger partial charge in [0.25, 0.3) is 5.91 Å². The molecule has 27 heavy (non-hydrogen) atoms. The van der Waals surface area contributed by atoms with E-state index in [0.29, 0.717) is 21.8 Å². The van der Waals surface area contributed by atoms with Gasteiger partial charge in [0.15, 0.2) is 11.5 Å². The van der Waals surface area contributed by atoms with Crippen molar-refractivity contribution in [3.63, 3.8) is 0 Å². The summed E-state index contributed by atoms with van der Waals surface area (Å²) < 4.78 is 7.81. The highest BCUT2D eigenvalue weighted by atomic mass is 79.9. The quantitative estimate of drug-likeness (QED) is 0.661. The van der Waals surface area contributed by atoms with Crippen LogP contribution in [0.5, 0.6) is 0 Å². The molecule has 2 N–H and O–H groups in total. The van der Waals surface area contributed by atoms with Crippen molar-refractivity contribution in [2.75, 3.05) is 43.6 Å². The molecule has 0 atom stereocenters. The maximum absolute atomic E-state index is 11.9. The molecule has 0 radical (unpaired) electrons. The molecule has 0 spiro atoms. The van der Waals surface area contributed by atoms with Gasteiger partial charge in [0, 0.05) is 43.9 Å². The van der Waals surface area contributed by atoms with Crippen LogP contribution in [-0.4, -0.2) is 53.6 Å². The first-order chi connectivity index (χ1) is 13.1. The molecular formula is C18H19BrN6O2. The summed E-state index contributed by atoms with van der Waals surface area (Å²) >= 11 is 3.40. The smallest absolute Gasteiger partial charge is 0.271 e. The molecule has 0 unspecified atom stereocenters. The lowest BCUT2D eigenvalue weighted by atomic mass is 10.2. The number of nitrogens with zero attached hydrogens (tertiary/aromatic N) is 4. The van der Waals surface area contributed by atoms with E-state index in [1.165, 1.54) is 5.69 Å². The highest BCUT2D eigenvalue weighted by molar-refractivity contribution is 9.10. The predicted molar refractivity (Wildman–Crippen MR) is 107 cm³/mol. The van der Waals surface area contributed by atoms with E-state index < -0.39 is 0 Å². The zero-order valence-electron chi connectivity index (χ0n) is 14.8. The highest BCUT2D eigenvalue weighted by Gasteiger charge is 2.15.